The molecule has 0 atom stereocenters. The van der Waals surface area contributed by atoms with E-state index in [1.54, 1.807) is 36.7 Å². The fourth-order valence-corrected chi connectivity index (χ4v) is 2.12. The molecule has 0 aliphatic rings. The number of anilines is 1. The van der Waals surface area contributed by atoms with Gasteiger partial charge in [-0.3, -0.25) is 9.78 Å². The van der Waals surface area contributed by atoms with E-state index in [0.29, 0.717) is 5.69 Å². The molecule has 2 amide bonds. The second-order valence-corrected chi connectivity index (χ2v) is 5.13. The summed E-state index contributed by atoms with van der Waals surface area (Å²) in [6.45, 7) is 0.230. The number of aromatic nitrogens is 3. The Morgan fingerprint density at radius 2 is 1.84 bits per heavy atom. The summed E-state index contributed by atoms with van der Waals surface area (Å²) in [5.41, 5.74) is 1.21. The van der Waals surface area contributed by atoms with Crippen LogP contribution in [-0.2, 0) is 6.54 Å². The van der Waals surface area contributed by atoms with Crippen LogP contribution in [0.2, 0.25) is 0 Å². The summed E-state index contributed by atoms with van der Waals surface area (Å²) in [6, 6.07) is 9.86. The molecule has 7 nitrogen and oxygen atoms in total. The molecule has 2 N–H and O–H groups in total. The lowest BCUT2D eigenvalue weighted by molar-refractivity contribution is 0.251. The van der Waals surface area contributed by atoms with Gasteiger partial charge in [0, 0.05) is 25.0 Å². The molecule has 1 aromatic carbocycles. The SMILES string of the molecule is O=C(NCc1ccc(F)cc1)Nc1cnn(-c2ccncc2)c(=O)c1. The third-order valence-corrected chi connectivity index (χ3v) is 3.33. The largest absolute Gasteiger partial charge is 0.334 e. The van der Waals surface area contributed by atoms with Crippen molar-refractivity contribution in [1.29, 1.82) is 0 Å². The van der Waals surface area contributed by atoms with Crippen molar-refractivity contribution in [3.63, 3.8) is 0 Å². The number of carbonyl (C=O) groups excluding carboxylic acids is 1. The molecule has 0 spiro atoms. The summed E-state index contributed by atoms with van der Waals surface area (Å²) in [5.74, 6) is -0.339. The van der Waals surface area contributed by atoms with Crippen LogP contribution in [-0.4, -0.2) is 20.8 Å². The predicted octanol–water partition coefficient (Wildman–Crippen LogP) is 2.09. The number of rotatable bonds is 4. The molecule has 0 saturated heterocycles. The third-order valence-electron chi connectivity index (χ3n) is 3.33. The minimum Gasteiger partial charge on any atom is -0.334 e. The first-order chi connectivity index (χ1) is 12.1. The third kappa shape index (κ3) is 4.25. The maximum absolute atomic E-state index is 12.8. The van der Waals surface area contributed by atoms with Gasteiger partial charge in [-0.2, -0.15) is 9.78 Å². The van der Waals surface area contributed by atoms with Gasteiger partial charge >= 0.3 is 6.03 Å². The van der Waals surface area contributed by atoms with Gasteiger partial charge in [-0.15, -0.1) is 0 Å². The number of hydrogen-bond acceptors (Lipinski definition) is 4. The fourth-order valence-electron chi connectivity index (χ4n) is 2.12. The van der Waals surface area contributed by atoms with Gasteiger partial charge in [0.25, 0.3) is 5.56 Å². The van der Waals surface area contributed by atoms with Crippen LogP contribution >= 0.6 is 0 Å². The van der Waals surface area contributed by atoms with Gasteiger partial charge < -0.3 is 10.6 Å². The Morgan fingerprint density at radius 3 is 2.52 bits per heavy atom. The number of pyridine rings is 1. The molecule has 0 radical (unpaired) electrons. The predicted molar refractivity (Wildman–Crippen MR) is 89.9 cm³/mol. The van der Waals surface area contributed by atoms with Crippen LogP contribution in [0.4, 0.5) is 14.9 Å². The van der Waals surface area contributed by atoms with Crippen LogP contribution in [0.1, 0.15) is 5.56 Å². The van der Waals surface area contributed by atoms with Crippen LogP contribution in [0.15, 0.2) is 65.8 Å². The highest BCUT2D eigenvalue weighted by atomic mass is 19.1. The van der Waals surface area contributed by atoms with Gasteiger partial charge in [-0.25, -0.2) is 9.18 Å². The zero-order valence-electron chi connectivity index (χ0n) is 13.0. The van der Waals surface area contributed by atoms with Crippen molar-refractivity contribution in [1.82, 2.24) is 20.1 Å². The Balaban J connectivity index is 1.63. The summed E-state index contributed by atoms with van der Waals surface area (Å²) in [4.78, 5) is 27.9. The van der Waals surface area contributed by atoms with E-state index in [1.807, 2.05) is 0 Å². The molecule has 0 saturated carbocycles. The number of urea groups is 1. The summed E-state index contributed by atoms with van der Waals surface area (Å²) in [7, 11) is 0. The molecule has 8 heteroatoms. The molecular formula is C17H14FN5O2. The number of carbonyl (C=O) groups is 1. The monoisotopic (exact) mass is 339 g/mol. The van der Waals surface area contributed by atoms with Crippen molar-refractivity contribution in [3.05, 3.63) is 82.8 Å². The summed E-state index contributed by atoms with van der Waals surface area (Å²) in [6.07, 6.45) is 4.48. The van der Waals surface area contributed by atoms with Crippen molar-refractivity contribution in [3.8, 4) is 5.69 Å². The molecule has 0 aliphatic heterocycles. The fraction of sp³-hybridized carbons (Fsp3) is 0.0588. The average molecular weight is 339 g/mol. The highest BCUT2D eigenvalue weighted by Crippen LogP contribution is 2.05. The molecular weight excluding hydrogens is 325 g/mol. The molecule has 0 aliphatic carbocycles. The smallest absolute Gasteiger partial charge is 0.319 e. The summed E-state index contributed by atoms with van der Waals surface area (Å²) < 4.78 is 14.0. The second kappa shape index (κ2) is 7.35. The first-order valence-corrected chi connectivity index (χ1v) is 7.41. The van der Waals surface area contributed by atoms with Gasteiger partial charge in [-0.05, 0) is 29.8 Å². The van der Waals surface area contributed by atoms with Crippen LogP contribution in [0, 0.1) is 5.82 Å². The lowest BCUT2D eigenvalue weighted by Crippen LogP contribution is -2.29. The van der Waals surface area contributed by atoms with Crippen molar-refractivity contribution in [2.75, 3.05) is 5.32 Å². The Labute approximate surface area is 142 Å². The van der Waals surface area contributed by atoms with Crippen LogP contribution < -0.4 is 16.2 Å². The number of benzene rings is 1. The Bertz CT molecular complexity index is 926. The molecule has 2 heterocycles. The molecule has 25 heavy (non-hydrogen) atoms. The van der Waals surface area contributed by atoms with E-state index in [2.05, 4.69) is 20.7 Å². The number of halogens is 1. The summed E-state index contributed by atoms with van der Waals surface area (Å²) >= 11 is 0. The number of amides is 2. The molecule has 126 valence electrons. The molecule has 3 rings (SSSR count). The second-order valence-electron chi connectivity index (χ2n) is 5.13. The van der Waals surface area contributed by atoms with Gasteiger partial charge in [0.15, 0.2) is 0 Å². The quantitative estimate of drug-likeness (QED) is 0.762. The number of hydrogen-bond donors (Lipinski definition) is 2. The van der Waals surface area contributed by atoms with Crippen molar-refractivity contribution < 1.29 is 9.18 Å². The normalized spacial score (nSPS) is 10.3. The van der Waals surface area contributed by atoms with Gasteiger partial charge in [0.1, 0.15) is 5.82 Å². The van der Waals surface area contributed by atoms with Crippen molar-refractivity contribution >= 4 is 11.7 Å². The zero-order valence-corrected chi connectivity index (χ0v) is 13.0. The van der Waals surface area contributed by atoms with E-state index in [9.17, 15) is 14.0 Å². The molecule has 0 fully saturated rings. The Kier molecular flexibility index (Phi) is 4.79. The molecule has 0 unspecified atom stereocenters. The van der Waals surface area contributed by atoms with E-state index in [-0.39, 0.29) is 23.6 Å². The molecule has 0 bridgehead atoms. The lowest BCUT2D eigenvalue weighted by Gasteiger charge is -2.09. The van der Waals surface area contributed by atoms with Crippen LogP contribution in [0.25, 0.3) is 5.69 Å². The summed E-state index contributed by atoms with van der Waals surface area (Å²) in [5, 5.41) is 9.17. The Hall–Kier alpha value is -3.55. The van der Waals surface area contributed by atoms with E-state index < -0.39 is 6.03 Å². The van der Waals surface area contributed by atoms with Crippen molar-refractivity contribution in [2.45, 2.75) is 6.54 Å². The first kappa shape index (κ1) is 16.3. The molecule has 3 aromatic rings. The van der Waals surface area contributed by atoms with Crippen LogP contribution in [0.5, 0.6) is 0 Å². The van der Waals surface area contributed by atoms with Gasteiger partial charge in [0.2, 0.25) is 0 Å². The standard InChI is InChI=1S/C17H14FN5O2/c18-13-3-1-12(2-4-13)10-20-17(25)22-14-9-16(24)23(21-11-14)15-5-7-19-8-6-15/h1-9,11H,10H2,(H2,20,22,25). The maximum atomic E-state index is 12.8. The van der Waals surface area contributed by atoms with Gasteiger partial charge in [-0.1, -0.05) is 12.1 Å². The Morgan fingerprint density at radius 1 is 1.12 bits per heavy atom. The average Bonchev–Trinajstić information content (AvgIpc) is 2.62. The number of nitrogens with zero attached hydrogens (tertiary/aromatic N) is 3. The topological polar surface area (TPSA) is 88.9 Å². The van der Waals surface area contributed by atoms with Crippen molar-refractivity contribution in [2.24, 2.45) is 0 Å². The zero-order chi connectivity index (χ0) is 17.6. The van der Waals surface area contributed by atoms with E-state index in [4.69, 9.17) is 0 Å². The minimum atomic E-state index is -0.493. The van der Waals surface area contributed by atoms with Gasteiger partial charge in [0.05, 0.1) is 17.6 Å². The molecule has 2 aromatic heterocycles. The maximum Gasteiger partial charge on any atom is 0.319 e. The lowest BCUT2D eigenvalue weighted by atomic mass is 10.2. The first-order valence-electron chi connectivity index (χ1n) is 7.41. The highest BCUT2D eigenvalue weighted by Gasteiger charge is 2.06. The van der Waals surface area contributed by atoms with E-state index in [0.717, 1.165) is 5.56 Å². The minimum absolute atomic E-state index is 0.230. The number of nitrogens with one attached hydrogen (secondary N) is 2. The van der Waals surface area contributed by atoms with E-state index >= 15 is 0 Å². The van der Waals surface area contributed by atoms with E-state index in [1.165, 1.54) is 29.1 Å². The van der Waals surface area contributed by atoms with Crippen LogP contribution in [0.3, 0.4) is 0 Å². The highest BCUT2D eigenvalue weighted by molar-refractivity contribution is 5.88.